The molecule has 10 heteroatoms. The summed E-state index contributed by atoms with van der Waals surface area (Å²) in [6.45, 7) is 4.65. The topological polar surface area (TPSA) is 132 Å². The molecule has 31 heavy (non-hydrogen) atoms. The van der Waals surface area contributed by atoms with Crippen LogP contribution < -0.4 is 16.8 Å². The minimum Gasteiger partial charge on any atom is -0.394 e. The largest absolute Gasteiger partial charge is 0.394 e. The molecule has 2 saturated carbocycles. The number of hydrogen-bond donors (Lipinski definition) is 4. The quantitative estimate of drug-likeness (QED) is 0.321. The summed E-state index contributed by atoms with van der Waals surface area (Å²) in [5.41, 5.74) is 15.5. The van der Waals surface area contributed by atoms with Crippen molar-refractivity contribution >= 4 is 40.4 Å². The van der Waals surface area contributed by atoms with E-state index >= 15 is 0 Å². The molecule has 0 saturated heterocycles. The Morgan fingerprint density at radius 3 is 2.71 bits per heavy atom. The van der Waals surface area contributed by atoms with Crippen molar-refractivity contribution in [2.75, 3.05) is 35.8 Å². The van der Waals surface area contributed by atoms with Crippen LogP contribution in [-0.2, 0) is 4.74 Å². The Bertz CT molecular complexity index is 830. The number of ether oxygens (including phenoxy) is 1. The van der Waals surface area contributed by atoms with E-state index in [-0.39, 0.29) is 18.8 Å². The van der Waals surface area contributed by atoms with E-state index in [1.54, 1.807) is 11.8 Å². The van der Waals surface area contributed by atoms with Gasteiger partial charge in [0.1, 0.15) is 5.69 Å². The molecule has 2 aliphatic rings. The van der Waals surface area contributed by atoms with E-state index in [1.807, 2.05) is 16.8 Å². The van der Waals surface area contributed by atoms with Gasteiger partial charge in [0, 0.05) is 16.7 Å². The lowest BCUT2D eigenvalue weighted by Crippen LogP contribution is -2.21. The fraction of sp³-hybridized carbons (Fsp3) is 0.667. The molecule has 0 aromatic carbocycles. The van der Waals surface area contributed by atoms with Crippen LogP contribution in [0.15, 0.2) is 10.7 Å². The third-order valence-electron chi connectivity index (χ3n) is 5.29. The van der Waals surface area contributed by atoms with Gasteiger partial charge < -0.3 is 26.6 Å². The highest BCUT2D eigenvalue weighted by Gasteiger charge is 2.27. The second kappa shape index (κ2) is 11.8. The first-order valence-electron chi connectivity index (χ1n) is 11.0. The van der Waals surface area contributed by atoms with Crippen molar-refractivity contribution in [3.8, 4) is 0 Å². The number of thioether (sulfide) groups is 1. The number of anilines is 3. The molecule has 2 atom stereocenters. The van der Waals surface area contributed by atoms with Crippen molar-refractivity contribution in [1.29, 1.82) is 0 Å². The SMILES string of the molecule is CCCSc1nc(N)c(N)c(NC2CCC(OCCO)C2)n1.Cc1ncsc1C1CC1. The van der Waals surface area contributed by atoms with Crippen molar-refractivity contribution in [2.24, 2.45) is 0 Å². The Kier molecular flexibility index (Phi) is 9.18. The summed E-state index contributed by atoms with van der Waals surface area (Å²) in [5.74, 6) is 2.77. The average Bonchev–Trinajstić information content (AvgIpc) is 3.36. The molecule has 2 aromatic rings. The van der Waals surface area contributed by atoms with Crippen molar-refractivity contribution in [2.45, 2.75) is 75.6 Å². The highest BCUT2D eigenvalue weighted by molar-refractivity contribution is 7.99. The van der Waals surface area contributed by atoms with Gasteiger partial charge in [-0.1, -0.05) is 18.7 Å². The molecule has 8 nitrogen and oxygen atoms in total. The van der Waals surface area contributed by atoms with Gasteiger partial charge in [0.2, 0.25) is 0 Å². The van der Waals surface area contributed by atoms with Gasteiger partial charge in [0.25, 0.3) is 0 Å². The van der Waals surface area contributed by atoms with Gasteiger partial charge >= 0.3 is 0 Å². The van der Waals surface area contributed by atoms with Crippen LogP contribution in [0.5, 0.6) is 0 Å². The Morgan fingerprint density at radius 2 is 2.06 bits per heavy atom. The zero-order valence-corrected chi connectivity index (χ0v) is 20.0. The summed E-state index contributed by atoms with van der Waals surface area (Å²) < 4.78 is 5.57. The minimum atomic E-state index is 0.0575. The number of rotatable bonds is 9. The molecule has 172 valence electrons. The van der Waals surface area contributed by atoms with E-state index < -0.39 is 0 Å². The smallest absolute Gasteiger partial charge is 0.191 e. The van der Waals surface area contributed by atoms with Crippen LogP contribution in [0, 0.1) is 6.92 Å². The number of nitrogens with one attached hydrogen (secondary N) is 1. The number of aromatic nitrogens is 3. The van der Waals surface area contributed by atoms with Gasteiger partial charge in [-0.25, -0.2) is 15.0 Å². The molecule has 2 aliphatic carbocycles. The number of hydrogen-bond acceptors (Lipinski definition) is 10. The van der Waals surface area contributed by atoms with Gasteiger partial charge in [-0.15, -0.1) is 11.3 Å². The third-order valence-corrected chi connectivity index (χ3v) is 7.44. The van der Waals surface area contributed by atoms with Crippen molar-refractivity contribution in [3.05, 3.63) is 16.1 Å². The number of aliphatic hydroxyl groups is 1. The first-order valence-corrected chi connectivity index (χ1v) is 12.8. The summed E-state index contributed by atoms with van der Waals surface area (Å²) in [4.78, 5) is 14.4. The zero-order chi connectivity index (χ0) is 22.2. The van der Waals surface area contributed by atoms with E-state index in [9.17, 15) is 0 Å². The Hall–Kier alpha value is -1.62. The van der Waals surface area contributed by atoms with Crippen LogP contribution in [0.1, 0.15) is 61.9 Å². The molecule has 2 aromatic heterocycles. The fourth-order valence-corrected chi connectivity index (χ4v) is 5.20. The summed E-state index contributed by atoms with van der Waals surface area (Å²) in [7, 11) is 0. The number of nitrogen functional groups attached to an aromatic ring is 2. The van der Waals surface area contributed by atoms with Crippen LogP contribution in [0.2, 0.25) is 0 Å². The summed E-state index contributed by atoms with van der Waals surface area (Å²) >= 11 is 3.39. The first kappa shape index (κ1) is 24.0. The molecule has 0 amide bonds. The molecule has 0 aliphatic heterocycles. The molecule has 2 heterocycles. The van der Waals surface area contributed by atoms with Crippen LogP contribution in [0.25, 0.3) is 0 Å². The zero-order valence-electron chi connectivity index (χ0n) is 18.3. The minimum absolute atomic E-state index is 0.0575. The van der Waals surface area contributed by atoms with Gasteiger partial charge in [-0.05, 0) is 51.4 Å². The van der Waals surface area contributed by atoms with E-state index in [0.29, 0.717) is 29.1 Å². The highest BCUT2D eigenvalue weighted by atomic mass is 32.2. The van der Waals surface area contributed by atoms with E-state index in [0.717, 1.165) is 37.4 Å². The summed E-state index contributed by atoms with van der Waals surface area (Å²) in [6.07, 6.45) is 6.84. The predicted octanol–water partition coefficient (Wildman–Crippen LogP) is 3.81. The van der Waals surface area contributed by atoms with E-state index in [4.69, 9.17) is 21.3 Å². The molecular formula is C21H34N6O2S2. The van der Waals surface area contributed by atoms with Gasteiger partial charge in [-0.2, -0.15) is 0 Å². The first-order chi connectivity index (χ1) is 15.0. The third kappa shape index (κ3) is 7.20. The Labute approximate surface area is 192 Å². The summed E-state index contributed by atoms with van der Waals surface area (Å²) in [6, 6.07) is 0.254. The van der Waals surface area contributed by atoms with Gasteiger partial charge in [0.15, 0.2) is 16.8 Å². The second-order valence-electron chi connectivity index (χ2n) is 7.95. The molecule has 2 fully saturated rings. The van der Waals surface area contributed by atoms with Crippen LogP contribution >= 0.6 is 23.1 Å². The maximum atomic E-state index is 8.81. The molecule has 6 N–H and O–H groups in total. The second-order valence-corrected chi connectivity index (χ2v) is 9.90. The fourth-order valence-electron chi connectivity index (χ4n) is 3.52. The maximum Gasteiger partial charge on any atom is 0.191 e. The van der Waals surface area contributed by atoms with Gasteiger partial charge in [0.05, 0.1) is 30.5 Å². The molecule has 4 rings (SSSR count). The Balaban J connectivity index is 0.000000248. The number of aryl methyl sites for hydroxylation is 1. The van der Waals surface area contributed by atoms with Crippen molar-refractivity contribution in [3.63, 3.8) is 0 Å². The van der Waals surface area contributed by atoms with Crippen LogP contribution in [0.4, 0.5) is 17.3 Å². The summed E-state index contributed by atoms with van der Waals surface area (Å²) in [5, 5.41) is 12.8. The molecule has 2 unspecified atom stereocenters. The van der Waals surface area contributed by atoms with Crippen molar-refractivity contribution in [1.82, 2.24) is 15.0 Å². The van der Waals surface area contributed by atoms with E-state index in [2.05, 4.69) is 34.1 Å². The number of nitrogens with two attached hydrogens (primary N) is 2. The van der Waals surface area contributed by atoms with Crippen LogP contribution in [0.3, 0.4) is 0 Å². The highest BCUT2D eigenvalue weighted by Crippen LogP contribution is 2.43. The lowest BCUT2D eigenvalue weighted by atomic mass is 10.2. The van der Waals surface area contributed by atoms with Crippen molar-refractivity contribution < 1.29 is 9.84 Å². The lowest BCUT2D eigenvalue weighted by Gasteiger charge is -2.17. The standard InChI is InChI=1S/C14H25N5O2S.C7H9NS/c1-2-7-22-14-18-12(16)11(15)13(19-14)17-9-3-4-10(8-9)21-6-5-20;1-5-7(6-2-3-6)9-4-8-5/h9-10,20H,2-8,15H2,1H3,(H3,16,17,18,19);4,6H,2-3H2,1H3. The van der Waals surface area contributed by atoms with Gasteiger partial charge in [-0.3, -0.25) is 0 Å². The molecule has 0 bridgehead atoms. The number of thiazole rings is 1. The normalized spacial score (nSPS) is 20.4. The molecular weight excluding hydrogens is 432 g/mol. The predicted molar refractivity (Wildman–Crippen MR) is 129 cm³/mol. The lowest BCUT2D eigenvalue weighted by molar-refractivity contribution is 0.0326. The molecule has 0 spiro atoms. The van der Waals surface area contributed by atoms with Crippen LogP contribution in [-0.4, -0.2) is 51.2 Å². The molecule has 0 radical (unpaired) electrons. The monoisotopic (exact) mass is 466 g/mol. The average molecular weight is 467 g/mol. The Morgan fingerprint density at radius 1 is 1.26 bits per heavy atom. The maximum absolute atomic E-state index is 8.81. The number of aliphatic hydroxyl groups excluding tert-OH is 1. The van der Waals surface area contributed by atoms with E-state index in [1.165, 1.54) is 23.4 Å². The number of nitrogens with zero attached hydrogens (tertiary/aromatic N) is 3.